The van der Waals surface area contributed by atoms with Crippen LogP contribution in [0.15, 0.2) is 24.3 Å². The molecular formula is C13H19FN2O. The third-order valence-corrected chi connectivity index (χ3v) is 3.45. The molecular weight excluding hydrogens is 219 g/mol. The number of nitrogens with zero attached hydrogens (tertiary/aromatic N) is 1. The predicted molar refractivity (Wildman–Crippen MR) is 67.3 cm³/mol. The monoisotopic (exact) mass is 238 g/mol. The van der Waals surface area contributed by atoms with E-state index in [1.165, 1.54) is 0 Å². The number of piperidine rings is 1. The van der Waals surface area contributed by atoms with Gasteiger partial charge in [0.1, 0.15) is 11.4 Å². The molecule has 4 heteroatoms. The number of para-hydroxylation sites is 2. The molecule has 1 aromatic rings. The molecule has 0 unspecified atom stereocenters. The fraction of sp³-hybridized carbons (Fsp3) is 0.538. The minimum Gasteiger partial charge on any atom is -0.495 e. The van der Waals surface area contributed by atoms with Crippen molar-refractivity contribution < 1.29 is 9.13 Å². The molecule has 0 spiro atoms. The lowest BCUT2D eigenvalue weighted by Gasteiger charge is -2.37. The van der Waals surface area contributed by atoms with Crippen LogP contribution in [0.5, 0.6) is 5.75 Å². The molecule has 3 nitrogen and oxygen atoms in total. The van der Waals surface area contributed by atoms with Crippen molar-refractivity contribution in [1.29, 1.82) is 0 Å². The molecule has 1 aromatic carbocycles. The van der Waals surface area contributed by atoms with E-state index in [1.54, 1.807) is 7.11 Å². The zero-order valence-corrected chi connectivity index (χ0v) is 10.2. The summed E-state index contributed by atoms with van der Waals surface area (Å²) in [5, 5.41) is 0. The zero-order valence-electron chi connectivity index (χ0n) is 10.2. The Hall–Kier alpha value is -1.29. The van der Waals surface area contributed by atoms with Gasteiger partial charge in [0, 0.05) is 32.5 Å². The summed E-state index contributed by atoms with van der Waals surface area (Å²) in [6.07, 6.45) is 0.975. The molecule has 0 aromatic heterocycles. The van der Waals surface area contributed by atoms with E-state index in [9.17, 15) is 4.39 Å². The highest BCUT2D eigenvalue weighted by molar-refractivity contribution is 5.58. The number of methoxy groups -OCH3 is 1. The molecule has 0 aliphatic carbocycles. The van der Waals surface area contributed by atoms with Gasteiger partial charge in [-0.3, -0.25) is 0 Å². The number of hydrogen-bond acceptors (Lipinski definition) is 3. The van der Waals surface area contributed by atoms with Crippen LogP contribution in [0, 0.1) is 0 Å². The summed E-state index contributed by atoms with van der Waals surface area (Å²) in [5.41, 5.74) is 5.31. The van der Waals surface area contributed by atoms with Crippen LogP contribution in [0.3, 0.4) is 0 Å². The van der Waals surface area contributed by atoms with Crippen LogP contribution in [0.1, 0.15) is 12.8 Å². The van der Waals surface area contributed by atoms with Gasteiger partial charge >= 0.3 is 0 Å². The van der Waals surface area contributed by atoms with Crippen molar-refractivity contribution in [2.45, 2.75) is 18.5 Å². The standard InChI is InChI=1S/C13H19FN2O/c1-17-12-5-3-2-4-11(12)16-8-6-13(14,10-15)7-9-16/h2-5H,6-10,15H2,1H3. The Morgan fingerprint density at radius 3 is 2.59 bits per heavy atom. The third-order valence-electron chi connectivity index (χ3n) is 3.45. The fourth-order valence-corrected chi connectivity index (χ4v) is 2.24. The molecule has 1 heterocycles. The lowest BCUT2D eigenvalue weighted by molar-refractivity contribution is 0.135. The Balaban J connectivity index is 2.10. The van der Waals surface area contributed by atoms with Crippen LogP contribution < -0.4 is 15.4 Å². The first kappa shape index (κ1) is 12.2. The van der Waals surface area contributed by atoms with E-state index in [1.807, 2.05) is 24.3 Å². The van der Waals surface area contributed by atoms with E-state index in [0.717, 1.165) is 11.4 Å². The summed E-state index contributed by atoms with van der Waals surface area (Å²) in [6, 6.07) is 7.84. The van der Waals surface area contributed by atoms with Crippen molar-refractivity contribution in [2.24, 2.45) is 5.73 Å². The van der Waals surface area contributed by atoms with Crippen LogP contribution >= 0.6 is 0 Å². The number of ether oxygens (including phenoxy) is 1. The topological polar surface area (TPSA) is 38.5 Å². The summed E-state index contributed by atoms with van der Waals surface area (Å²) >= 11 is 0. The average molecular weight is 238 g/mol. The number of halogens is 1. The van der Waals surface area contributed by atoms with Gasteiger partial charge in [-0.25, -0.2) is 4.39 Å². The van der Waals surface area contributed by atoms with Gasteiger partial charge in [0.05, 0.1) is 12.8 Å². The molecule has 0 amide bonds. The van der Waals surface area contributed by atoms with E-state index < -0.39 is 5.67 Å². The first-order chi connectivity index (χ1) is 8.18. The summed E-state index contributed by atoms with van der Waals surface area (Å²) < 4.78 is 19.3. The molecule has 1 aliphatic heterocycles. The van der Waals surface area contributed by atoms with E-state index in [2.05, 4.69) is 4.90 Å². The lowest BCUT2D eigenvalue weighted by atomic mass is 9.93. The molecule has 94 valence electrons. The first-order valence-corrected chi connectivity index (χ1v) is 5.95. The third kappa shape index (κ3) is 2.52. The maximum atomic E-state index is 14.0. The highest BCUT2D eigenvalue weighted by Gasteiger charge is 2.33. The summed E-state index contributed by atoms with van der Waals surface area (Å²) in [5.74, 6) is 0.839. The van der Waals surface area contributed by atoms with Gasteiger partial charge in [0.15, 0.2) is 0 Å². The first-order valence-electron chi connectivity index (χ1n) is 5.95. The number of anilines is 1. The number of benzene rings is 1. The second-order valence-electron chi connectivity index (χ2n) is 4.51. The molecule has 17 heavy (non-hydrogen) atoms. The quantitative estimate of drug-likeness (QED) is 0.875. The molecule has 1 saturated heterocycles. The normalized spacial score (nSPS) is 19.1. The minimum absolute atomic E-state index is 0.118. The smallest absolute Gasteiger partial charge is 0.142 e. The van der Waals surface area contributed by atoms with Gasteiger partial charge in [-0.1, -0.05) is 12.1 Å². The average Bonchev–Trinajstić information content (AvgIpc) is 2.40. The second kappa shape index (κ2) is 4.92. The lowest BCUT2D eigenvalue weighted by Crippen LogP contribution is -2.46. The maximum absolute atomic E-state index is 14.0. The molecule has 0 radical (unpaired) electrons. The Kier molecular flexibility index (Phi) is 3.52. The van der Waals surface area contributed by atoms with Gasteiger partial charge in [0.2, 0.25) is 0 Å². The van der Waals surface area contributed by atoms with Crippen molar-refractivity contribution in [3.8, 4) is 5.75 Å². The van der Waals surface area contributed by atoms with Gasteiger partial charge in [-0.05, 0) is 12.1 Å². The number of rotatable bonds is 3. The van der Waals surface area contributed by atoms with Crippen molar-refractivity contribution in [2.75, 3.05) is 31.6 Å². The van der Waals surface area contributed by atoms with Crippen molar-refractivity contribution in [3.63, 3.8) is 0 Å². The molecule has 2 N–H and O–H groups in total. The maximum Gasteiger partial charge on any atom is 0.142 e. The summed E-state index contributed by atoms with van der Waals surface area (Å²) in [7, 11) is 1.65. The van der Waals surface area contributed by atoms with E-state index >= 15 is 0 Å². The minimum atomic E-state index is -1.18. The second-order valence-corrected chi connectivity index (χ2v) is 4.51. The van der Waals surface area contributed by atoms with Gasteiger partial charge < -0.3 is 15.4 Å². The van der Waals surface area contributed by atoms with Crippen LogP contribution in [0.25, 0.3) is 0 Å². The predicted octanol–water partition coefficient (Wildman–Crippen LogP) is 1.96. The Labute approximate surface area is 101 Å². The van der Waals surface area contributed by atoms with Crippen LogP contribution in [-0.2, 0) is 0 Å². The summed E-state index contributed by atoms with van der Waals surface area (Å²) in [4.78, 5) is 2.16. The van der Waals surface area contributed by atoms with E-state index in [-0.39, 0.29) is 6.54 Å². The molecule has 1 fully saturated rings. The number of hydrogen-bond donors (Lipinski definition) is 1. The highest BCUT2D eigenvalue weighted by Crippen LogP contribution is 2.33. The van der Waals surface area contributed by atoms with Gasteiger partial charge in [0.25, 0.3) is 0 Å². The molecule has 1 aliphatic rings. The summed E-state index contributed by atoms with van der Waals surface area (Å²) in [6.45, 7) is 1.49. The number of nitrogens with two attached hydrogens (primary N) is 1. The molecule has 2 rings (SSSR count). The Bertz CT molecular complexity index is 375. The fourth-order valence-electron chi connectivity index (χ4n) is 2.24. The van der Waals surface area contributed by atoms with Crippen LogP contribution in [0.4, 0.5) is 10.1 Å². The zero-order chi connectivity index (χ0) is 12.3. The number of alkyl halides is 1. The SMILES string of the molecule is COc1ccccc1N1CCC(F)(CN)CC1. The molecule has 0 atom stereocenters. The van der Waals surface area contributed by atoms with Gasteiger partial charge in [-0.2, -0.15) is 0 Å². The van der Waals surface area contributed by atoms with Crippen molar-refractivity contribution in [1.82, 2.24) is 0 Å². The Morgan fingerprint density at radius 1 is 1.35 bits per heavy atom. The van der Waals surface area contributed by atoms with E-state index in [4.69, 9.17) is 10.5 Å². The highest BCUT2D eigenvalue weighted by atomic mass is 19.1. The van der Waals surface area contributed by atoms with E-state index in [0.29, 0.717) is 25.9 Å². The largest absolute Gasteiger partial charge is 0.495 e. The van der Waals surface area contributed by atoms with Crippen LogP contribution in [-0.4, -0.2) is 32.4 Å². The van der Waals surface area contributed by atoms with Crippen molar-refractivity contribution >= 4 is 5.69 Å². The Morgan fingerprint density at radius 2 is 2.00 bits per heavy atom. The van der Waals surface area contributed by atoms with Crippen molar-refractivity contribution in [3.05, 3.63) is 24.3 Å². The van der Waals surface area contributed by atoms with Crippen LogP contribution in [0.2, 0.25) is 0 Å². The molecule has 0 saturated carbocycles. The van der Waals surface area contributed by atoms with Gasteiger partial charge in [-0.15, -0.1) is 0 Å². The molecule has 0 bridgehead atoms.